The Morgan fingerprint density at radius 2 is 2.05 bits per heavy atom. The van der Waals surface area contributed by atoms with Crippen LogP contribution < -0.4 is 4.90 Å². The first-order valence-electron chi connectivity index (χ1n) is 6.90. The molecule has 1 aromatic rings. The van der Waals surface area contributed by atoms with Gasteiger partial charge in [-0.25, -0.2) is 9.18 Å². The van der Waals surface area contributed by atoms with Gasteiger partial charge in [0.25, 0.3) is 0 Å². The minimum absolute atomic E-state index is 0.122. The van der Waals surface area contributed by atoms with Gasteiger partial charge in [0.05, 0.1) is 4.92 Å². The van der Waals surface area contributed by atoms with Crippen LogP contribution in [0.2, 0.25) is 0 Å². The van der Waals surface area contributed by atoms with Crippen LogP contribution in [0.3, 0.4) is 0 Å². The van der Waals surface area contributed by atoms with Crippen molar-refractivity contribution in [3.63, 3.8) is 0 Å². The molecule has 8 heteroatoms. The van der Waals surface area contributed by atoms with Crippen molar-refractivity contribution in [2.75, 3.05) is 11.9 Å². The minimum Gasteiger partial charge on any atom is -0.443 e. The molecule has 1 rings (SSSR count). The predicted molar refractivity (Wildman–Crippen MR) is 67.6 cm³/mol. The molecule has 0 fully saturated rings. The van der Waals surface area contributed by atoms with E-state index in [1.54, 1.807) is 0 Å². The van der Waals surface area contributed by atoms with E-state index in [4.69, 9.17) is 8.85 Å². The number of hydrogen-bond acceptors (Lipinski definition) is 4. The van der Waals surface area contributed by atoms with Gasteiger partial charge in [0.1, 0.15) is 17.1 Å². The molecule has 0 saturated carbocycles. The summed E-state index contributed by atoms with van der Waals surface area (Å²) in [6, 6.07) is 0.603. The SMILES string of the molecule is [2H]C([2H])([2H])N(C(=O)OC(C)(C)C)c1cc(F)cc(F)c1[N+](=O)[O-]. The van der Waals surface area contributed by atoms with Gasteiger partial charge in [-0.3, -0.25) is 15.0 Å². The fourth-order valence-corrected chi connectivity index (χ4v) is 1.31. The average molecular weight is 291 g/mol. The number of nitro benzene ring substituents is 1. The van der Waals surface area contributed by atoms with E-state index in [0.717, 1.165) is 0 Å². The maximum Gasteiger partial charge on any atom is 0.414 e. The molecule has 110 valence electrons. The number of ether oxygens (including phenoxy) is 1. The fourth-order valence-electron chi connectivity index (χ4n) is 1.31. The molecular weight excluding hydrogens is 274 g/mol. The molecule has 0 bridgehead atoms. The lowest BCUT2D eigenvalue weighted by atomic mass is 10.2. The zero-order chi connectivity index (χ0) is 18.2. The van der Waals surface area contributed by atoms with Crippen LogP contribution >= 0.6 is 0 Å². The van der Waals surface area contributed by atoms with E-state index in [1.807, 2.05) is 0 Å². The Kier molecular flexibility index (Phi) is 3.12. The van der Waals surface area contributed by atoms with Gasteiger partial charge >= 0.3 is 11.8 Å². The standard InChI is InChI=1S/C12H14F2N2O4/c1-12(2,3)20-11(17)15(4)9-6-7(13)5-8(14)10(9)16(18)19/h5-6H,1-4H3/i4D3. The van der Waals surface area contributed by atoms with E-state index in [2.05, 4.69) is 0 Å². The van der Waals surface area contributed by atoms with Crippen LogP contribution in [0.25, 0.3) is 0 Å². The highest BCUT2D eigenvalue weighted by Crippen LogP contribution is 2.32. The lowest BCUT2D eigenvalue weighted by molar-refractivity contribution is -0.386. The summed E-state index contributed by atoms with van der Waals surface area (Å²) >= 11 is 0. The third-order valence-electron chi connectivity index (χ3n) is 2.01. The number of rotatable bonds is 2. The third kappa shape index (κ3) is 3.62. The van der Waals surface area contributed by atoms with Crippen LogP contribution in [0.4, 0.5) is 25.0 Å². The topological polar surface area (TPSA) is 72.7 Å². The second kappa shape index (κ2) is 5.40. The minimum atomic E-state index is -3.26. The summed E-state index contributed by atoms with van der Waals surface area (Å²) in [6.45, 7) is 1.04. The molecule has 0 heterocycles. The number of carbonyl (C=O) groups is 1. The van der Waals surface area contributed by atoms with Crippen LogP contribution in [-0.4, -0.2) is 23.6 Å². The molecule has 1 amide bonds. The molecule has 0 aromatic heterocycles. The highest BCUT2D eigenvalue weighted by molar-refractivity contribution is 5.90. The molecule has 0 atom stereocenters. The molecule has 0 N–H and O–H groups in total. The summed E-state index contributed by atoms with van der Waals surface area (Å²) < 4.78 is 53.9. The molecule has 1 aromatic carbocycles. The van der Waals surface area contributed by atoms with Crippen LogP contribution in [0.5, 0.6) is 0 Å². The first-order valence-corrected chi connectivity index (χ1v) is 5.40. The van der Waals surface area contributed by atoms with E-state index in [0.29, 0.717) is 6.07 Å². The number of nitro groups is 1. The molecule has 0 aliphatic carbocycles. The van der Waals surface area contributed by atoms with E-state index >= 15 is 0 Å². The lowest BCUT2D eigenvalue weighted by Gasteiger charge is -2.24. The maximum atomic E-state index is 13.7. The molecule has 20 heavy (non-hydrogen) atoms. The molecule has 0 aliphatic heterocycles. The number of nitrogens with zero attached hydrogens (tertiary/aromatic N) is 2. The second-order valence-electron chi connectivity index (χ2n) is 4.83. The fraction of sp³-hybridized carbons (Fsp3) is 0.417. The maximum absolute atomic E-state index is 13.7. The monoisotopic (exact) mass is 291 g/mol. The second-order valence-corrected chi connectivity index (χ2v) is 4.83. The predicted octanol–water partition coefficient (Wildman–Crippen LogP) is 3.24. The Morgan fingerprint density at radius 3 is 2.50 bits per heavy atom. The summed E-state index contributed by atoms with van der Waals surface area (Å²) in [5.41, 5.74) is -3.52. The normalized spacial score (nSPS) is 13.9. The Hall–Kier alpha value is -2.25. The molecule has 0 radical (unpaired) electrons. The van der Waals surface area contributed by atoms with E-state index in [9.17, 15) is 23.7 Å². The Balaban J connectivity index is 3.57. The van der Waals surface area contributed by atoms with Gasteiger partial charge in [0, 0.05) is 23.2 Å². The highest BCUT2D eigenvalue weighted by atomic mass is 19.1. The van der Waals surface area contributed by atoms with Crippen LogP contribution in [-0.2, 0) is 4.74 Å². The van der Waals surface area contributed by atoms with Crippen LogP contribution in [0.15, 0.2) is 12.1 Å². The third-order valence-corrected chi connectivity index (χ3v) is 2.01. The number of benzene rings is 1. The van der Waals surface area contributed by atoms with Crippen LogP contribution in [0.1, 0.15) is 24.9 Å². The average Bonchev–Trinajstić information content (AvgIpc) is 2.21. The number of carbonyl (C=O) groups excluding carboxylic acids is 1. The van der Waals surface area contributed by atoms with E-state index in [1.165, 1.54) is 20.8 Å². The van der Waals surface area contributed by atoms with Crippen molar-refractivity contribution in [1.82, 2.24) is 0 Å². The van der Waals surface area contributed by atoms with Gasteiger partial charge < -0.3 is 4.74 Å². The number of anilines is 1. The molecular formula is C12H14F2N2O4. The van der Waals surface area contributed by atoms with Crippen molar-refractivity contribution < 1.29 is 27.3 Å². The summed E-state index contributed by atoms with van der Waals surface area (Å²) in [5, 5.41) is 11.0. The van der Waals surface area contributed by atoms with E-state index < -0.39 is 46.6 Å². The number of hydrogen-bond donors (Lipinski definition) is 0. The first-order chi connectivity index (χ1) is 10.2. The Morgan fingerprint density at radius 1 is 1.45 bits per heavy atom. The molecule has 0 aliphatic rings. The smallest absolute Gasteiger partial charge is 0.414 e. The van der Waals surface area contributed by atoms with Gasteiger partial charge in [-0.05, 0) is 20.8 Å². The van der Waals surface area contributed by atoms with Crippen molar-refractivity contribution in [2.45, 2.75) is 26.4 Å². The summed E-state index contributed by atoms with van der Waals surface area (Å²) in [7, 11) is 0. The summed E-state index contributed by atoms with van der Waals surface area (Å²) in [4.78, 5) is 21.7. The van der Waals surface area contributed by atoms with Crippen molar-refractivity contribution in [2.24, 2.45) is 0 Å². The van der Waals surface area contributed by atoms with Crippen molar-refractivity contribution >= 4 is 17.5 Å². The van der Waals surface area contributed by atoms with Crippen molar-refractivity contribution in [3.8, 4) is 0 Å². The number of amides is 1. The van der Waals surface area contributed by atoms with Gasteiger partial charge in [-0.1, -0.05) is 0 Å². The van der Waals surface area contributed by atoms with Gasteiger partial charge in [0.15, 0.2) is 0 Å². The molecule has 6 nitrogen and oxygen atoms in total. The zero-order valence-electron chi connectivity index (χ0n) is 13.9. The van der Waals surface area contributed by atoms with E-state index in [-0.39, 0.29) is 11.0 Å². The van der Waals surface area contributed by atoms with Crippen molar-refractivity contribution in [1.29, 1.82) is 0 Å². The molecule has 0 spiro atoms. The summed E-state index contributed by atoms with van der Waals surface area (Å²) in [6.07, 6.45) is -1.49. The Bertz CT molecular complexity index is 644. The molecule has 0 unspecified atom stereocenters. The van der Waals surface area contributed by atoms with Gasteiger partial charge in [-0.15, -0.1) is 0 Å². The largest absolute Gasteiger partial charge is 0.443 e. The van der Waals surface area contributed by atoms with Crippen LogP contribution in [0, 0.1) is 21.7 Å². The summed E-state index contributed by atoms with van der Waals surface area (Å²) in [5.74, 6) is -2.89. The lowest BCUT2D eigenvalue weighted by Crippen LogP contribution is -2.34. The quantitative estimate of drug-likeness (QED) is 0.619. The Labute approximate surface area is 118 Å². The first kappa shape index (κ1) is 11.6. The zero-order valence-corrected chi connectivity index (χ0v) is 10.9. The highest BCUT2D eigenvalue weighted by Gasteiger charge is 2.29. The van der Waals surface area contributed by atoms with Gasteiger partial charge in [-0.2, -0.15) is 4.39 Å². The number of halogens is 2. The van der Waals surface area contributed by atoms with Crippen molar-refractivity contribution in [3.05, 3.63) is 33.9 Å². The molecule has 0 saturated heterocycles. The van der Waals surface area contributed by atoms with Gasteiger partial charge in [0.2, 0.25) is 5.82 Å².